The molecule has 0 saturated heterocycles. The van der Waals surface area contributed by atoms with Gasteiger partial charge in [0.25, 0.3) is 0 Å². The van der Waals surface area contributed by atoms with Crippen LogP contribution in [0.2, 0.25) is 0 Å². The number of rotatable bonds is 6. The first-order valence-corrected chi connectivity index (χ1v) is 5.44. The first kappa shape index (κ1) is 14.1. The van der Waals surface area contributed by atoms with E-state index in [1.807, 2.05) is 30.0 Å². The van der Waals surface area contributed by atoms with Crippen molar-refractivity contribution in [3.8, 4) is 0 Å². The van der Waals surface area contributed by atoms with Gasteiger partial charge in [0.1, 0.15) is 6.61 Å². The Labute approximate surface area is 98.4 Å². The van der Waals surface area contributed by atoms with Gasteiger partial charge in [-0.25, -0.2) is 0 Å². The Bertz CT molecular complexity index is 334. The van der Waals surface area contributed by atoms with E-state index in [9.17, 15) is 13.2 Å². The average Bonchev–Trinajstić information content (AvgIpc) is 2.64. The van der Waals surface area contributed by atoms with E-state index >= 15 is 0 Å². The molecule has 1 atom stereocenters. The highest BCUT2D eigenvalue weighted by Gasteiger charge is 2.27. The molecular weight excluding hydrogens is 233 g/mol. The molecule has 0 saturated carbocycles. The molecule has 0 aliphatic carbocycles. The minimum absolute atomic E-state index is 0.0299. The lowest BCUT2D eigenvalue weighted by atomic mass is 10.2. The number of aromatic nitrogens is 1. The number of nitrogens with zero attached hydrogens (tertiary/aromatic N) is 1. The molecule has 1 rings (SSSR count). The van der Waals surface area contributed by atoms with Gasteiger partial charge in [0.15, 0.2) is 0 Å². The highest BCUT2D eigenvalue weighted by atomic mass is 19.4. The molecule has 0 amide bonds. The molecule has 0 aliphatic rings. The summed E-state index contributed by atoms with van der Waals surface area (Å²) in [6.45, 7) is 1.44. The summed E-state index contributed by atoms with van der Waals surface area (Å²) in [5.41, 5.74) is 6.70. The van der Waals surface area contributed by atoms with Crippen molar-refractivity contribution in [1.82, 2.24) is 4.57 Å². The van der Waals surface area contributed by atoms with Crippen LogP contribution in [0.25, 0.3) is 0 Å². The number of aryl methyl sites for hydroxylation is 1. The second kappa shape index (κ2) is 6.07. The van der Waals surface area contributed by atoms with Crippen LogP contribution in [0.4, 0.5) is 13.2 Å². The third kappa shape index (κ3) is 5.74. The minimum Gasteiger partial charge on any atom is -0.372 e. The van der Waals surface area contributed by atoms with Gasteiger partial charge in [-0.2, -0.15) is 13.2 Å². The molecule has 0 spiro atoms. The van der Waals surface area contributed by atoms with Crippen molar-refractivity contribution in [2.24, 2.45) is 5.73 Å². The molecule has 17 heavy (non-hydrogen) atoms. The molecule has 0 bridgehead atoms. The van der Waals surface area contributed by atoms with Crippen LogP contribution in [0.1, 0.15) is 24.9 Å². The van der Waals surface area contributed by atoms with Crippen molar-refractivity contribution in [1.29, 1.82) is 0 Å². The van der Waals surface area contributed by atoms with E-state index in [0.717, 1.165) is 5.56 Å². The van der Waals surface area contributed by atoms with Crippen molar-refractivity contribution in [3.05, 3.63) is 24.0 Å². The van der Waals surface area contributed by atoms with Crippen LogP contribution in [-0.2, 0) is 11.3 Å². The SMILES string of the molecule is CC(N)c1ccn(CCCOCC(F)(F)F)c1. The molecule has 1 aromatic heterocycles. The molecule has 0 aromatic carbocycles. The summed E-state index contributed by atoms with van der Waals surface area (Å²) in [6, 6.07) is 1.87. The summed E-state index contributed by atoms with van der Waals surface area (Å²) >= 11 is 0. The lowest BCUT2D eigenvalue weighted by molar-refractivity contribution is -0.174. The van der Waals surface area contributed by atoms with Gasteiger partial charge >= 0.3 is 6.18 Å². The third-order valence-electron chi connectivity index (χ3n) is 2.27. The van der Waals surface area contributed by atoms with Crippen molar-refractivity contribution < 1.29 is 17.9 Å². The topological polar surface area (TPSA) is 40.2 Å². The van der Waals surface area contributed by atoms with E-state index in [1.54, 1.807) is 0 Å². The second-order valence-corrected chi connectivity index (χ2v) is 3.99. The molecule has 1 heterocycles. The number of alkyl halides is 3. The van der Waals surface area contributed by atoms with Crippen molar-refractivity contribution >= 4 is 0 Å². The van der Waals surface area contributed by atoms with Crippen LogP contribution in [0.15, 0.2) is 18.5 Å². The molecule has 98 valence electrons. The summed E-state index contributed by atoms with van der Waals surface area (Å²) in [7, 11) is 0. The molecule has 0 aliphatic heterocycles. The maximum atomic E-state index is 11.8. The monoisotopic (exact) mass is 250 g/mol. The van der Waals surface area contributed by atoms with E-state index < -0.39 is 12.8 Å². The number of nitrogens with two attached hydrogens (primary N) is 1. The fourth-order valence-corrected chi connectivity index (χ4v) is 1.40. The van der Waals surface area contributed by atoms with Crippen LogP contribution in [0.3, 0.4) is 0 Å². The van der Waals surface area contributed by atoms with Crippen molar-refractivity contribution in [2.45, 2.75) is 32.1 Å². The largest absolute Gasteiger partial charge is 0.411 e. The van der Waals surface area contributed by atoms with E-state index in [2.05, 4.69) is 4.74 Å². The van der Waals surface area contributed by atoms with Crippen LogP contribution in [-0.4, -0.2) is 24.0 Å². The maximum Gasteiger partial charge on any atom is 0.411 e. The number of hydrogen-bond donors (Lipinski definition) is 1. The predicted molar refractivity (Wildman–Crippen MR) is 58.5 cm³/mol. The molecular formula is C11H17F3N2O. The smallest absolute Gasteiger partial charge is 0.372 e. The Hall–Kier alpha value is -1.01. The van der Waals surface area contributed by atoms with E-state index in [0.29, 0.717) is 13.0 Å². The number of hydrogen-bond acceptors (Lipinski definition) is 2. The molecule has 0 fully saturated rings. The lowest BCUT2D eigenvalue weighted by Gasteiger charge is -2.08. The zero-order chi connectivity index (χ0) is 12.9. The average molecular weight is 250 g/mol. The standard InChI is InChI=1S/C11H17F3N2O/c1-9(15)10-3-5-16(7-10)4-2-6-17-8-11(12,13)14/h3,5,7,9H,2,4,6,8,15H2,1H3. The molecule has 3 nitrogen and oxygen atoms in total. The Balaban J connectivity index is 2.18. The van der Waals surface area contributed by atoms with Gasteiger partial charge in [0.2, 0.25) is 0 Å². The predicted octanol–water partition coefficient (Wildman–Crippen LogP) is 2.48. The molecule has 1 aromatic rings. The fourth-order valence-electron chi connectivity index (χ4n) is 1.40. The Morgan fingerprint density at radius 2 is 2.18 bits per heavy atom. The summed E-state index contributed by atoms with van der Waals surface area (Å²) in [5.74, 6) is 0. The Morgan fingerprint density at radius 1 is 1.47 bits per heavy atom. The summed E-state index contributed by atoms with van der Waals surface area (Å²) < 4.78 is 41.7. The zero-order valence-corrected chi connectivity index (χ0v) is 9.70. The van der Waals surface area contributed by atoms with Crippen molar-refractivity contribution in [2.75, 3.05) is 13.2 Å². The number of ether oxygens (including phenoxy) is 1. The second-order valence-electron chi connectivity index (χ2n) is 3.99. The summed E-state index contributed by atoms with van der Waals surface area (Å²) in [5, 5.41) is 0. The van der Waals surface area contributed by atoms with E-state index in [-0.39, 0.29) is 12.6 Å². The molecule has 6 heteroatoms. The zero-order valence-electron chi connectivity index (χ0n) is 9.70. The van der Waals surface area contributed by atoms with Crippen LogP contribution in [0, 0.1) is 0 Å². The molecule has 2 N–H and O–H groups in total. The lowest BCUT2D eigenvalue weighted by Crippen LogP contribution is -2.17. The Kier molecular flexibility index (Phi) is 5.02. The third-order valence-corrected chi connectivity index (χ3v) is 2.27. The van der Waals surface area contributed by atoms with E-state index in [1.165, 1.54) is 0 Å². The Morgan fingerprint density at radius 3 is 2.71 bits per heavy atom. The van der Waals surface area contributed by atoms with Gasteiger partial charge in [-0.05, 0) is 25.0 Å². The fraction of sp³-hybridized carbons (Fsp3) is 0.636. The molecule has 0 radical (unpaired) electrons. The van der Waals surface area contributed by atoms with Crippen LogP contribution >= 0.6 is 0 Å². The van der Waals surface area contributed by atoms with Gasteiger partial charge in [-0.1, -0.05) is 0 Å². The van der Waals surface area contributed by atoms with Gasteiger partial charge in [-0.15, -0.1) is 0 Å². The first-order chi connectivity index (χ1) is 7.88. The van der Waals surface area contributed by atoms with Gasteiger partial charge in [0.05, 0.1) is 0 Å². The van der Waals surface area contributed by atoms with E-state index in [4.69, 9.17) is 5.73 Å². The van der Waals surface area contributed by atoms with Gasteiger partial charge < -0.3 is 15.0 Å². The summed E-state index contributed by atoms with van der Waals surface area (Å²) in [6.07, 6.45) is 0.0651. The first-order valence-electron chi connectivity index (χ1n) is 5.44. The van der Waals surface area contributed by atoms with Gasteiger partial charge in [-0.3, -0.25) is 0 Å². The quantitative estimate of drug-likeness (QED) is 0.788. The maximum absolute atomic E-state index is 11.8. The summed E-state index contributed by atoms with van der Waals surface area (Å²) in [4.78, 5) is 0. The highest BCUT2D eigenvalue weighted by molar-refractivity contribution is 5.13. The van der Waals surface area contributed by atoms with Crippen LogP contribution < -0.4 is 5.73 Å². The van der Waals surface area contributed by atoms with Crippen LogP contribution in [0.5, 0.6) is 0 Å². The van der Waals surface area contributed by atoms with Gasteiger partial charge in [0, 0.05) is 31.6 Å². The van der Waals surface area contributed by atoms with Crippen molar-refractivity contribution in [3.63, 3.8) is 0 Å². The minimum atomic E-state index is -4.24. The molecule has 1 unspecified atom stereocenters. The highest BCUT2D eigenvalue weighted by Crippen LogP contribution is 2.14. The number of halogens is 3. The normalized spacial score (nSPS) is 13.9.